The SMILES string of the molecule is COc1ccc(C=C2C(=O)Nc3ccc(C)cc32)cc1OC. The Morgan fingerprint density at radius 1 is 1.00 bits per heavy atom. The lowest BCUT2D eigenvalue weighted by molar-refractivity contribution is -0.110. The molecule has 3 rings (SSSR count). The number of fused-ring (bicyclic) bond motifs is 1. The molecule has 0 aliphatic carbocycles. The van der Waals surface area contributed by atoms with Gasteiger partial charge in [-0.25, -0.2) is 0 Å². The van der Waals surface area contributed by atoms with Crippen LogP contribution in [-0.4, -0.2) is 20.1 Å². The van der Waals surface area contributed by atoms with E-state index in [1.165, 1.54) is 0 Å². The Hall–Kier alpha value is -2.75. The number of ether oxygens (including phenoxy) is 2. The summed E-state index contributed by atoms with van der Waals surface area (Å²) in [6.45, 7) is 2.01. The minimum atomic E-state index is -0.0876. The zero-order valence-electron chi connectivity index (χ0n) is 12.8. The van der Waals surface area contributed by atoms with Crippen LogP contribution >= 0.6 is 0 Å². The van der Waals surface area contributed by atoms with Gasteiger partial charge in [-0.3, -0.25) is 4.79 Å². The van der Waals surface area contributed by atoms with Gasteiger partial charge in [0.05, 0.1) is 14.2 Å². The van der Waals surface area contributed by atoms with Crippen molar-refractivity contribution in [3.63, 3.8) is 0 Å². The molecule has 0 bridgehead atoms. The first-order valence-corrected chi connectivity index (χ1v) is 6.98. The molecule has 4 heteroatoms. The van der Waals surface area contributed by atoms with E-state index in [4.69, 9.17) is 9.47 Å². The van der Waals surface area contributed by atoms with Gasteiger partial charge in [0.25, 0.3) is 5.91 Å². The molecule has 0 fully saturated rings. The summed E-state index contributed by atoms with van der Waals surface area (Å²) in [6, 6.07) is 11.5. The Morgan fingerprint density at radius 2 is 1.77 bits per heavy atom. The van der Waals surface area contributed by atoms with E-state index in [9.17, 15) is 4.79 Å². The summed E-state index contributed by atoms with van der Waals surface area (Å²) in [7, 11) is 3.19. The third-order valence-corrected chi connectivity index (χ3v) is 3.68. The van der Waals surface area contributed by atoms with Crippen molar-refractivity contribution < 1.29 is 14.3 Å². The molecule has 1 aliphatic rings. The van der Waals surface area contributed by atoms with Crippen LogP contribution in [0.3, 0.4) is 0 Å². The largest absolute Gasteiger partial charge is 0.493 e. The molecule has 0 saturated heterocycles. The van der Waals surface area contributed by atoms with E-state index in [0.29, 0.717) is 17.1 Å². The summed E-state index contributed by atoms with van der Waals surface area (Å²) >= 11 is 0. The average molecular weight is 295 g/mol. The summed E-state index contributed by atoms with van der Waals surface area (Å²) in [4.78, 5) is 12.2. The maximum Gasteiger partial charge on any atom is 0.256 e. The molecule has 0 atom stereocenters. The average Bonchev–Trinajstić information content (AvgIpc) is 2.83. The maximum absolute atomic E-state index is 12.2. The minimum absolute atomic E-state index is 0.0876. The summed E-state index contributed by atoms with van der Waals surface area (Å²) in [6.07, 6.45) is 1.86. The van der Waals surface area contributed by atoms with Gasteiger partial charge in [-0.1, -0.05) is 17.7 Å². The topological polar surface area (TPSA) is 47.6 Å². The van der Waals surface area contributed by atoms with Crippen LogP contribution in [0, 0.1) is 6.92 Å². The highest BCUT2D eigenvalue weighted by molar-refractivity contribution is 6.34. The van der Waals surface area contributed by atoms with Crippen molar-refractivity contribution in [3.8, 4) is 11.5 Å². The molecule has 1 amide bonds. The van der Waals surface area contributed by atoms with Crippen LogP contribution in [0.5, 0.6) is 11.5 Å². The normalized spacial score (nSPS) is 14.7. The molecule has 1 aliphatic heterocycles. The van der Waals surface area contributed by atoms with E-state index in [2.05, 4.69) is 5.32 Å². The highest BCUT2D eigenvalue weighted by atomic mass is 16.5. The number of rotatable bonds is 3. The zero-order chi connectivity index (χ0) is 15.7. The van der Waals surface area contributed by atoms with Gasteiger partial charge < -0.3 is 14.8 Å². The highest BCUT2D eigenvalue weighted by Gasteiger charge is 2.23. The van der Waals surface area contributed by atoms with E-state index >= 15 is 0 Å². The Labute approximate surface area is 129 Å². The van der Waals surface area contributed by atoms with Crippen LogP contribution in [0.25, 0.3) is 11.6 Å². The maximum atomic E-state index is 12.2. The van der Waals surface area contributed by atoms with Crippen LogP contribution < -0.4 is 14.8 Å². The number of aryl methyl sites for hydroxylation is 1. The Balaban J connectivity index is 2.06. The monoisotopic (exact) mass is 295 g/mol. The van der Waals surface area contributed by atoms with Gasteiger partial charge in [0, 0.05) is 16.8 Å². The molecule has 4 nitrogen and oxygen atoms in total. The second kappa shape index (κ2) is 5.56. The van der Waals surface area contributed by atoms with Crippen LogP contribution in [-0.2, 0) is 4.79 Å². The fourth-order valence-corrected chi connectivity index (χ4v) is 2.55. The van der Waals surface area contributed by atoms with Crippen LogP contribution in [0.4, 0.5) is 5.69 Å². The number of amides is 1. The lowest BCUT2D eigenvalue weighted by Crippen LogP contribution is -2.03. The molecule has 0 saturated carbocycles. The number of carbonyl (C=O) groups is 1. The number of hydrogen-bond acceptors (Lipinski definition) is 3. The first-order valence-electron chi connectivity index (χ1n) is 6.98. The molecule has 0 aromatic heterocycles. The Morgan fingerprint density at radius 3 is 2.50 bits per heavy atom. The van der Waals surface area contributed by atoms with Gasteiger partial charge >= 0.3 is 0 Å². The van der Waals surface area contributed by atoms with E-state index < -0.39 is 0 Å². The van der Waals surface area contributed by atoms with Crippen molar-refractivity contribution in [2.24, 2.45) is 0 Å². The third-order valence-electron chi connectivity index (χ3n) is 3.68. The van der Waals surface area contributed by atoms with Crippen molar-refractivity contribution in [1.29, 1.82) is 0 Å². The first-order chi connectivity index (χ1) is 10.6. The van der Waals surface area contributed by atoms with Crippen molar-refractivity contribution in [3.05, 3.63) is 53.1 Å². The fraction of sp³-hybridized carbons (Fsp3) is 0.167. The predicted octanol–water partition coefficient (Wildman–Crippen LogP) is 3.50. The number of hydrogen-bond donors (Lipinski definition) is 1. The van der Waals surface area contributed by atoms with Crippen molar-refractivity contribution >= 4 is 23.2 Å². The van der Waals surface area contributed by atoms with E-state index in [0.717, 1.165) is 22.4 Å². The second-order valence-corrected chi connectivity index (χ2v) is 5.18. The van der Waals surface area contributed by atoms with Gasteiger partial charge in [0.15, 0.2) is 11.5 Å². The van der Waals surface area contributed by atoms with Gasteiger partial charge in [0.2, 0.25) is 0 Å². The highest BCUT2D eigenvalue weighted by Crippen LogP contribution is 2.35. The molecule has 0 radical (unpaired) electrons. The second-order valence-electron chi connectivity index (χ2n) is 5.18. The number of anilines is 1. The number of methoxy groups -OCH3 is 2. The van der Waals surface area contributed by atoms with Crippen molar-refractivity contribution in [2.75, 3.05) is 19.5 Å². The number of nitrogens with one attached hydrogen (secondary N) is 1. The first kappa shape index (κ1) is 14.2. The molecular weight excluding hydrogens is 278 g/mol. The smallest absolute Gasteiger partial charge is 0.256 e. The summed E-state index contributed by atoms with van der Waals surface area (Å²) in [5.74, 6) is 1.21. The summed E-state index contributed by atoms with van der Waals surface area (Å²) < 4.78 is 10.5. The summed E-state index contributed by atoms with van der Waals surface area (Å²) in [5, 5.41) is 2.88. The van der Waals surface area contributed by atoms with Crippen molar-refractivity contribution in [1.82, 2.24) is 0 Å². The molecule has 22 heavy (non-hydrogen) atoms. The van der Waals surface area contributed by atoms with Gasteiger partial charge in [-0.15, -0.1) is 0 Å². The van der Waals surface area contributed by atoms with Crippen molar-refractivity contribution in [2.45, 2.75) is 6.92 Å². The van der Waals surface area contributed by atoms with Gasteiger partial charge in [-0.05, 0) is 42.8 Å². The lowest BCUT2D eigenvalue weighted by Gasteiger charge is -2.08. The molecular formula is C18H17NO3. The molecule has 1 heterocycles. The van der Waals surface area contributed by atoms with Crippen LogP contribution in [0.15, 0.2) is 36.4 Å². The summed E-state index contributed by atoms with van der Waals surface area (Å²) in [5.41, 5.74) is 4.44. The Bertz CT molecular complexity index is 778. The minimum Gasteiger partial charge on any atom is -0.493 e. The van der Waals surface area contributed by atoms with E-state index in [-0.39, 0.29) is 5.91 Å². The third kappa shape index (κ3) is 2.44. The quantitative estimate of drug-likeness (QED) is 0.882. The molecule has 0 unspecified atom stereocenters. The van der Waals surface area contributed by atoms with E-state index in [1.807, 2.05) is 49.4 Å². The van der Waals surface area contributed by atoms with E-state index in [1.54, 1.807) is 14.2 Å². The molecule has 112 valence electrons. The zero-order valence-corrected chi connectivity index (χ0v) is 12.8. The predicted molar refractivity (Wildman–Crippen MR) is 87.2 cm³/mol. The van der Waals surface area contributed by atoms with Crippen LogP contribution in [0.2, 0.25) is 0 Å². The standard InChI is InChI=1S/C18H17NO3/c1-11-4-6-15-13(8-11)14(18(20)19-15)9-12-5-7-16(21-2)17(10-12)22-3/h4-10H,1-3H3,(H,19,20). The lowest BCUT2D eigenvalue weighted by atomic mass is 10.0. The molecule has 1 N–H and O–H groups in total. The molecule has 2 aromatic rings. The number of carbonyl (C=O) groups excluding carboxylic acids is 1. The van der Waals surface area contributed by atoms with Gasteiger partial charge in [0.1, 0.15) is 0 Å². The van der Waals surface area contributed by atoms with Gasteiger partial charge in [-0.2, -0.15) is 0 Å². The molecule has 2 aromatic carbocycles. The Kier molecular flexibility index (Phi) is 3.59. The molecule has 0 spiro atoms. The number of benzene rings is 2. The van der Waals surface area contributed by atoms with Crippen LogP contribution in [0.1, 0.15) is 16.7 Å². The fourth-order valence-electron chi connectivity index (χ4n) is 2.55.